The van der Waals surface area contributed by atoms with Crippen molar-refractivity contribution in [1.82, 2.24) is 20.0 Å². The van der Waals surface area contributed by atoms with Gasteiger partial charge in [0.1, 0.15) is 0 Å². The maximum absolute atomic E-state index is 12.4. The van der Waals surface area contributed by atoms with E-state index in [0.29, 0.717) is 58.4 Å². The second-order valence-electron chi connectivity index (χ2n) is 6.58. The molecule has 0 aromatic rings. The lowest BCUT2D eigenvalue weighted by atomic mass is 10.2. The summed E-state index contributed by atoms with van der Waals surface area (Å²) in [6, 6.07) is 0.303. The molecule has 1 unspecified atom stereocenters. The third-order valence-corrected chi connectivity index (χ3v) is 6.00. The van der Waals surface area contributed by atoms with Crippen LogP contribution in [-0.4, -0.2) is 110 Å². The van der Waals surface area contributed by atoms with E-state index < -0.39 is 0 Å². The lowest BCUT2D eigenvalue weighted by Crippen LogP contribution is -2.54. The number of rotatable bonds is 4. The molecule has 7 nitrogen and oxygen atoms in total. The van der Waals surface area contributed by atoms with E-state index in [-0.39, 0.29) is 36.6 Å². The first kappa shape index (κ1) is 23.8. The van der Waals surface area contributed by atoms with Gasteiger partial charge in [0.15, 0.2) is 0 Å². The van der Waals surface area contributed by atoms with E-state index in [1.165, 1.54) is 0 Å². The zero-order chi connectivity index (χ0) is 16.8. The standard InChI is InChI=1S/C16H28N4O3S.2ClH/c21-15(11-14-13-24-10-1-17-14)19-2-4-20(5-3-19)16(22)12-18-6-8-23-9-7-18;;/h14,17H,1-13H2;2*1H. The number of carbonyl (C=O) groups excluding carboxylic acids is 2. The van der Waals surface area contributed by atoms with Crippen LogP contribution >= 0.6 is 36.6 Å². The number of thioether (sulfide) groups is 1. The van der Waals surface area contributed by atoms with Crippen LogP contribution < -0.4 is 5.32 Å². The number of carbonyl (C=O) groups is 2. The van der Waals surface area contributed by atoms with Crippen molar-refractivity contribution in [3.63, 3.8) is 0 Å². The predicted octanol–water partition coefficient (Wildman–Crippen LogP) is -0.0719. The third kappa shape index (κ3) is 7.05. The second kappa shape index (κ2) is 12.3. The van der Waals surface area contributed by atoms with Gasteiger partial charge in [0.25, 0.3) is 0 Å². The Bertz CT molecular complexity index is 401. The van der Waals surface area contributed by atoms with E-state index in [9.17, 15) is 9.59 Å². The molecule has 0 radical (unpaired) electrons. The average Bonchev–Trinajstić information content (AvgIpc) is 2.63. The first-order chi connectivity index (χ1) is 11.7. The summed E-state index contributed by atoms with van der Waals surface area (Å²) in [5.74, 6) is 2.54. The molecule has 3 aliphatic heterocycles. The van der Waals surface area contributed by atoms with Crippen LogP contribution in [0, 0.1) is 0 Å². The van der Waals surface area contributed by atoms with E-state index in [0.717, 1.165) is 31.1 Å². The molecule has 0 saturated carbocycles. The third-order valence-electron chi connectivity index (χ3n) is 4.87. The van der Waals surface area contributed by atoms with Crippen LogP contribution in [0.5, 0.6) is 0 Å². The smallest absolute Gasteiger partial charge is 0.236 e. The molecule has 10 heteroatoms. The SMILES string of the molecule is Cl.Cl.O=C(CC1CSCCN1)N1CCN(C(=O)CN2CCOCC2)CC1. The molecule has 0 aromatic heterocycles. The Balaban J connectivity index is 0.00000169. The molecule has 3 aliphatic rings. The van der Waals surface area contributed by atoms with Crippen molar-refractivity contribution in [2.75, 3.05) is 77.1 Å². The topological polar surface area (TPSA) is 65.1 Å². The van der Waals surface area contributed by atoms with Gasteiger partial charge in [-0.05, 0) is 0 Å². The van der Waals surface area contributed by atoms with Crippen molar-refractivity contribution in [3.8, 4) is 0 Å². The number of halogens is 2. The Morgan fingerprint density at radius 2 is 1.58 bits per heavy atom. The Morgan fingerprint density at radius 3 is 2.15 bits per heavy atom. The van der Waals surface area contributed by atoms with Gasteiger partial charge in [0.2, 0.25) is 11.8 Å². The van der Waals surface area contributed by atoms with Gasteiger partial charge >= 0.3 is 0 Å². The molecule has 0 bridgehead atoms. The minimum Gasteiger partial charge on any atom is -0.379 e. The van der Waals surface area contributed by atoms with Crippen molar-refractivity contribution in [1.29, 1.82) is 0 Å². The average molecular weight is 429 g/mol. The van der Waals surface area contributed by atoms with Gasteiger partial charge in [-0.3, -0.25) is 14.5 Å². The highest BCUT2D eigenvalue weighted by atomic mass is 35.5. The van der Waals surface area contributed by atoms with Gasteiger partial charge in [0, 0.05) is 69.8 Å². The highest BCUT2D eigenvalue weighted by Gasteiger charge is 2.27. The maximum Gasteiger partial charge on any atom is 0.236 e. The Hall–Kier alpha value is -0.250. The van der Waals surface area contributed by atoms with Crippen LogP contribution in [0.3, 0.4) is 0 Å². The molecule has 3 heterocycles. The highest BCUT2D eigenvalue weighted by Crippen LogP contribution is 2.13. The summed E-state index contributed by atoms with van der Waals surface area (Å²) in [6.45, 7) is 7.18. The van der Waals surface area contributed by atoms with E-state index in [1.54, 1.807) is 0 Å². The number of nitrogens with one attached hydrogen (secondary N) is 1. The van der Waals surface area contributed by atoms with Crippen LogP contribution in [0.1, 0.15) is 6.42 Å². The highest BCUT2D eigenvalue weighted by molar-refractivity contribution is 7.99. The molecule has 3 saturated heterocycles. The van der Waals surface area contributed by atoms with Gasteiger partial charge in [-0.2, -0.15) is 11.8 Å². The summed E-state index contributed by atoms with van der Waals surface area (Å²) in [5.41, 5.74) is 0. The fourth-order valence-corrected chi connectivity index (χ4v) is 4.30. The molecule has 1 atom stereocenters. The van der Waals surface area contributed by atoms with Crippen LogP contribution in [0.25, 0.3) is 0 Å². The van der Waals surface area contributed by atoms with Gasteiger partial charge in [-0.25, -0.2) is 0 Å². The van der Waals surface area contributed by atoms with Crippen LogP contribution in [0.2, 0.25) is 0 Å². The van der Waals surface area contributed by atoms with Gasteiger partial charge in [-0.15, -0.1) is 24.8 Å². The summed E-state index contributed by atoms with van der Waals surface area (Å²) in [5, 5.41) is 3.41. The molecule has 26 heavy (non-hydrogen) atoms. The lowest BCUT2D eigenvalue weighted by molar-refractivity contribution is -0.141. The molecular weight excluding hydrogens is 399 g/mol. The second-order valence-corrected chi connectivity index (χ2v) is 7.73. The predicted molar refractivity (Wildman–Crippen MR) is 109 cm³/mol. The minimum absolute atomic E-state index is 0. The minimum atomic E-state index is 0. The number of nitrogens with zero attached hydrogens (tertiary/aromatic N) is 3. The Labute approximate surface area is 172 Å². The molecule has 0 aromatic carbocycles. The van der Waals surface area contributed by atoms with Gasteiger partial charge in [0.05, 0.1) is 19.8 Å². The summed E-state index contributed by atoms with van der Waals surface area (Å²) >= 11 is 1.91. The van der Waals surface area contributed by atoms with Crippen molar-refractivity contribution >= 4 is 48.4 Å². The fraction of sp³-hybridized carbons (Fsp3) is 0.875. The quantitative estimate of drug-likeness (QED) is 0.675. The first-order valence-corrected chi connectivity index (χ1v) is 10.0. The number of hydrogen-bond acceptors (Lipinski definition) is 6. The molecule has 3 fully saturated rings. The van der Waals surface area contributed by atoms with Crippen LogP contribution in [0.4, 0.5) is 0 Å². The lowest BCUT2D eigenvalue weighted by Gasteiger charge is -2.37. The summed E-state index contributed by atoms with van der Waals surface area (Å²) < 4.78 is 5.31. The number of ether oxygens (including phenoxy) is 1. The summed E-state index contributed by atoms with van der Waals surface area (Å²) in [4.78, 5) is 30.8. The van der Waals surface area contributed by atoms with E-state index in [1.807, 2.05) is 21.6 Å². The van der Waals surface area contributed by atoms with Crippen molar-refractivity contribution in [2.45, 2.75) is 12.5 Å². The zero-order valence-electron chi connectivity index (χ0n) is 15.1. The number of hydrogen-bond donors (Lipinski definition) is 1. The van der Waals surface area contributed by atoms with E-state index >= 15 is 0 Å². The molecule has 3 rings (SSSR count). The van der Waals surface area contributed by atoms with Gasteiger partial charge < -0.3 is 19.9 Å². The number of piperazine rings is 1. The summed E-state index contributed by atoms with van der Waals surface area (Å²) in [6.07, 6.45) is 0.578. The number of morpholine rings is 1. The Kier molecular flexibility index (Phi) is 11.2. The van der Waals surface area contributed by atoms with Crippen molar-refractivity contribution in [3.05, 3.63) is 0 Å². The first-order valence-electron chi connectivity index (χ1n) is 8.89. The monoisotopic (exact) mass is 428 g/mol. The van der Waals surface area contributed by atoms with E-state index in [2.05, 4.69) is 10.2 Å². The Morgan fingerprint density at radius 1 is 0.962 bits per heavy atom. The van der Waals surface area contributed by atoms with Crippen molar-refractivity contribution in [2.24, 2.45) is 0 Å². The van der Waals surface area contributed by atoms with Crippen molar-refractivity contribution < 1.29 is 14.3 Å². The normalized spacial score (nSPS) is 24.4. The zero-order valence-corrected chi connectivity index (χ0v) is 17.5. The summed E-state index contributed by atoms with van der Waals surface area (Å²) in [7, 11) is 0. The van der Waals surface area contributed by atoms with E-state index in [4.69, 9.17) is 4.74 Å². The maximum atomic E-state index is 12.4. The molecule has 152 valence electrons. The number of amides is 2. The van der Waals surface area contributed by atoms with Gasteiger partial charge in [-0.1, -0.05) is 0 Å². The molecule has 1 N–H and O–H groups in total. The molecule has 0 aliphatic carbocycles. The largest absolute Gasteiger partial charge is 0.379 e. The molecular formula is C16H30Cl2N4O3S. The fourth-order valence-electron chi connectivity index (χ4n) is 3.35. The molecule has 0 spiro atoms. The van der Waals surface area contributed by atoms with Crippen LogP contribution in [-0.2, 0) is 14.3 Å². The van der Waals surface area contributed by atoms with Crippen LogP contribution in [0.15, 0.2) is 0 Å². The molecule has 2 amide bonds.